The van der Waals surface area contributed by atoms with Crippen LogP contribution >= 0.6 is 11.6 Å². The Morgan fingerprint density at radius 1 is 1.22 bits per heavy atom. The first kappa shape index (κ1) is 11.7. The van der Waals surface area contributed by atoms with E-state index in [1.807, 2.05) is 12.2 Å². The van der Waals surface area contributed by atoms with Crippen molar-refractivity contribution in [3.05, 3.63) is 12.2 Å². The van der Waals surface area contributed by atoms with Gasteiger partial charge in [-0.05, 0) is 24.7 Å². The number of nitrogens with zero attached hydrogens (tertiary/aromatic N) is 1. The second-order valence-electron chi connectivity index (χ2n) is 5.02. The minimum absolute atomic E-state index is 0.134. The molecule has 96 valence electrons. The van der Waals surface area contributed by atoms with Gasteiger partial charge >= 0.3 is 0 Å². The molecule has 3 aliphatic carbocycles. The van der Waals surface area contributed by atoms with E-state index in [1.165, 1.54) is 0 Å². The van der Waals surface area contributed by atoms with Gasteiger partial charge in [-0.2, -0.15) is 5.01 Å². The van der Waals surface area contributed by atoms with Crippen molar-refractivity contribution < 1.29 is 14.4 Å². The van der Waals surface area contributed by atoms with Gasteiger partial charge in [0.25, 0.3) is 17.7 Å². The van der Waals surface area contributed by atoms with Crippen molar-refractivity contribution in [3.8, 4) is 0 Å². The van der Waals surface area contributed by atoms with Crippen LogP contribution < -0.4 is 5.43 Å². The Labute approximate surface area is 109 Å². The maximum Gasteiger partial charge on any atom is 0.253 e. The fourth-order valence-electron chi connectivity index (χ4n) is 3.34. The first-order valence-electron chi connectivity index (χ1n) is 6.05. The molecule has 4 unspecified atom stereocenters. The van der Waals surface area contributed by atoms with Crippen LogP contribution in [0.5, 0.6) is 0 Å². The van der Waals surface area contributed by atoms with Gasteiger partial charge in [0.2, 0.25) is 0 Å². The highest BCUT2D eigenvalue weighted by molar-refractivity contribution is 6.27. The Hall–Kier alpha value is -1.36. The van der Waals surface area contributed by atoms with Crippen LogP contribution in [-0.4, -0.2) is 28.6 Å². The molecule has 4 atom stereocenters. The van der Waals surface area contributed by atoms with Gasteiger partial charge in [0.15, 0.2) is 0 Å². The molecule has 0 aromatic carbocycles. The zero-order chi connectivity index (χ0) is 12.9. The van der Waals surface area contributed by atoms with Crippen molar-refractivity contribution in [2.75, 3.05) is 5.88 Å². The van der Waals surface area contributed by atoms with Crippen LogP contribution in [0, 0.1) is 23.7 Å². The number of nitrogens with one attached hydrogen (secondary N) is 1. The van der Waals surface area contributed by atoms with Crippen LogP contribution in [0.15, 0.2) is 12.2 Å². The van der Waals surface area contributed by atoms with Crippen molar-refractivity contribution >= 4 is 29.3 Å². The third kappa shape index (κ3) is 1.50. The quantitative estimate of drug-likeness (QED) is 0.449. The number of carbonyl (C=O) groups excluding carboxylic acids is 3. The molecule has 18 heavy (non-hydrogen) atoms. The molecule has 1 heterocycles. The third-order valence-electron chi connectivity index (χ3n) is 4.12. The number of hydrogen-bond donors (Lipinski definition) is 1. The van der Waals surface area contributed by atoms with Gasteiger partial charge in [-0.15, -0.1) is 11.6 Å². The molecule has 4 rings (SSSR count). The second kappa shape index (κ2) is 4.09. The molecule has 1 N–H and O–H groups in total. The van der Waals surface area contributed by atoms with Crippen LogP contribution in [0.2, 0.25) is 0 Å². The predicted octanol–water partition coefficient (Wildman–Crippen LogP) is 0.454. The van der Waals surface area contributed by atoms with E-state index < -0.39 is 5.91 Å². The fourth-order valence-corrected chi connectivity index (χ4v) is 3.40. The molecule has 1 aliphatic heterocycles. The first-order chi connectivity index (χ1) is 8.63. The Kier molecular flexibility index (Phi) is 2.66. The molecule has 2 bridgehead atoms. The van der Waals surface area contributed by atoms with E-state index in [2.05, 4.69) is 5.43 Å². The molecule has 3 amide bonds. The summed E-state index contributed by atoms with van der Waals surface area (Å²) < 4.78 is 0. The van der Waals surface area contributed by atoms with E-state index in [0.717, 1.165) is 17.9 Å². The van der Waals surface area contributed by atoms with Crippen molar-refractivity contribution in [1.82, 2.24) is 10.4 Å². The third-order valence-corrected chi connectivity index (χ3v) is 4.36. The molecule has 1 saturated carbocycles. The Morgan fingerprint density at radius 3 is 2.11 bits per heavy atom. The van der Waals surface area contributed by atoms with Gasteiger partial charge < -0.3 is 0 Å². The van der Waals surface area contributed by atoms with Crippen LogP contribution in [0.25, 0.3) is 0 Å². The van der Waals surface area contributed by atoms with Crippen LogP contribution in [0.3, 0.4) is 0 Å². The number of carbonyl (C=O) groups is 3. The Balaban J connectivity index is 1.88. The number of fused-ring (bicyclic) bond motifs is 1. The standard InChI is InChI=1S/C12H13ClN2O3/c13-5-8(16)14-15-11(17)9-6-1-2-7(4-3-6)10(9)12(15)18/h1-2,6-7,9-10H,3-5H2,(H,14,16). The maximum absolute atomic E-state index is 12.2. The molecule has 4 aliphatic rings. The summed E-state index contributed by atoms with van der Waals surface area (Å²) in [5.41, 5.74) is 2.29. The number of hydrogen-bond acceptors (Lipinski definition) is 3. The van der Waals surface area contributed by atoms with E-state index in [1.54, 1.807) is 0 Å². The maximum atomic E-state index is 12.2. The largest absolute Gasteiger partial charge is 0.272 e. The predicted molar refractivity (Wildman–Crippen MR) is 63.0 cm³/mol. The Morgan fingerprint density at radius 2 is 1.72 bits per heavy atom. The second-order valence-corrected chi connectivity index (χ2v) is 5.29. The number of halogens is 1. The smallest absolute Gasteiger partial charge is 0.253 e. The lowest BCUT2D eigenvalue weighted by Gasteiger charge is -2.37. The zero-order valence-corrected chi connectivity index (χ0v) is 10.4. The highest BCUT2D eigenvalue weighted by Crippen LogP contribution is 2.49. The van der Waals surface area contributed by atoms with E-state index in [0.29, 0.717) is 0 Å². The molecular formula is C12H13ClN2O3. The zero-order valence-electron chi connectivity index (χ0n) is 9.64. The monoisotopic (exact) mass is 268 g/mol. The molecule has 0 spiro atoms. The number of hydrazine groups is 1. The SMILES string of the molecule is O=C(CCl)NN1C(=O)C2C3C=CC(CC3)C2C1=O. The summed E-state index contributed by atoms with van der Waals surface area (Å²) in [6.07, 6.45) is 5.96. The van der Waals surface area contributed by atoms with Gasteiger partial charge in [0.1, 0.15) is 5.88 Å². The van der Waals surface area contributed by atoms with Crippen molar-refractivity contribution in [2.24, 2.45) is 23.7 Å². The van der Waals surface area contributed by atoms with Gasteiger partial charge in [0, 0.05) is 0 Å². The highest BCUT2D eigenvalue weighted by atomic mass is 35.5. The molecule has 1 saturated heterocycles. The van der Waals surface area contributed by atoms with E-state index in [4.69, 9.17) is 11.6 Å². The summed E-state index contributed by atoms with van der Waals surface area (Å²) in [5, 5.41) is 0.873. The normalized spacial score (nSPS) is 37.1. The fraction of sp³-hybridized carbons (Fsp3) is 0.583. The van der Waals surface area contributed by atoms with Crippen molar-refractivity contribution in [1.29, 1.82) is 0 Å². The summed E-state index contributed by atoms with van der Waals surface area (Å²) in [5.74, 6) is -1.70. The summed E-state index contributed by atoms with van der Waals surface area (Å²) in [7, 11) is 0. The van der Waals surface area contributed by atoms with Crippen LogP contribution in [-0.2, 0) is 14.4 Å². The van der Waals surface area contributed by atoms with Gasteiger partial charge in [-0.25, -0.2) is 0 Å². The van der Waals surface area contributed by atoms with Gasteiger partial charge in [-0.1, -0.05) is 12.2 Å². The topological polar surface area (TPSA) is 66.5 Å². The van der Waals surface area contributed by atoms with Gasteiger partial charge in [0.05, 0.1) is 11.8 Å². The molecule has 2 fully saturated rings. The summed E-state index contributed by atoms with van der Waals surface area (Å²) in [6, 6.07) is 0. The van der Waals surface area contributed by atoms with E-state index >= 15 is 0 Å². The lowest BCUT2D eigenvalue weighted by molar-refractivity contribution is -0.148. The number of imide groups is 1. The average Bonchev–Trinajstić information content (AvgIpc) is 2.67. The van der Waals surface area contributed by atoms with E-state index in [-0.39, 0.29) is 41.4 Å². The number of allylic oxidation sites excluding steroid dienone is 2. The molecule has 6 heteroatoms. The summed E-state index contributed by atoms with van der Waals surface area (Å²) in [6.45, 7) is 0. The van der Waals surface area contributed by atoms with Crippen molar-refractivity contribution in [3.63, 3.8) is 0 Å². The van der Waals surface area contributed by atoms with Crippen molar-refractivity contribution in [2.45, 2.75) is 12.8 Å². The minimum Gasteiger partial charge on any atom is -0.272 e. The summed E-state index contributed by atoms with van der Waals surface area (Å²) >= 11 is 5.37. The Bertz CT molecular complexity index is 430. The number of rotatable bonds is 2. The lowest BCUT2D eigenvalue weighted by Crippen LogP contribution is -2.47. The number of alkyl halides is 1. The first-order valence-corrected chi connectivity index (χ1v) is 6.58. The van der Waals surface area contributed by atoms with E-state index in [9.17, 15) is 14.4 Å². The minimum atomic E-state index is -0.530. The highest BCUT2D eigenvalue weighted by Gasteiger charge is 2.57. The molecule has 0 aromatic heterocycles. The molecule has 0 aromatic rings. The molecule has 0 radical (unpaired) electrons. The average molecular weight is 269 g/mol. The van der Waals surface area contributed by atoms with Crippen LogP contribution in [0.1, 0.15) is 12.8 Å². The molecule has 5 nitrogen and oxygen atoms in total. The van der Waals surface area contributed by atoms with Crippen LogP contribution in [0.4, 0.5) is 0 Å². The molecular weight excluding hydrogens is 256 g/mol. The number of amides is 3. The lowest BCUT2D eigenvalue weighted by atomic mass is 9.63. The summed E-state index contributed by atoms with van der Waals surface area (Å²) in [4.78, 5) is 35.6. The van der Waals surface area contributed by atoms with Gasteiger partial charge in [-0.3, -0.25) is 19.8 Å².